The number of rotatable bonds is 0. The Kier molecular flexibility index (Phi) is 0.892. The van der Waals surface area contributed by atoms with Crippen LogP contribution in [0.15, 0.2) is 24.3 Å². The van der Waals surface area contributed by atoms with Crippen LogP contribution in [0.2, 0.25) is 0 Å². The van der Waals surface area contributed by atoms with E-state index in [1.807, 2.05) is 0 Å². The van der Waals surface area contributed by atoms with Crippen molar-refractivity contribution in [1.29, 1.82) is 0 Å². The van der Waals surface area contributed by atoms with Gasteiger partial charge >= 0.3 is 0 Å². The molecule has 3 atom stereocenters. The van der Waals surface area contributed by atoms with Crippen LogP contribution in [0.5, 0.6) is 0 Å². The fourth-order valence-electron chi connectivity index (χ4n) is 2.62. The lowest BCUT2D eigenvalue weighted by molar-refractivity contribution is 0.686. The maximum Gasteiger partial charge on any atom is -0.0122 e. The summed E-state index contributed by atoms with van der Waals surface area (Å²) in [4.78, 5) is 0. The second-order valence-corrected chi connectivity index (χ2v) is 3.92. The fourth-order valence-corrected chi connectivity index (χ4v) is 2.62. The zero-order valence-electron chi connectivity index (χ0n) is 6.75. The van der Waals surface area contributed by atoms with Gasteiger partial charge in [-0.25, -0.2) is 0 Å². The maximum absolute atomic E-state index is 2.37. The molecule has 0 unspecified atom stereocenters. The summed E-state index contributed by atoms with van der Waals surface area (Å²) in [5.74, 6) is 2.80. The molecule has 1 fully saturated rings. The summed E-state index contributed by atoms with van der Waals surface area (Å²) in [5.41, 5.74) is 3.26. The lowest BCUT2D eigenvalue weighted by Gasteiger charge is -2.07. The van der Waals surface area contributed by atoms with Crippen molar-refractivity contribution >= 4 is 0 Å². The first kappa shape index (κ1) is 5.82. The first-order chi connectivity index (χ1) is 5.38. The third-order valence-electron chi connectivity index (χ3n) is 3.37. The van der Waals surface area contributed by atoms with Crippen LogP contribution < -0.4 is 0 Å². The van der Waals surface area contributed by atoms with Crippen molar-refractivity contribution in [3.8, 4) is 0 Å². The van der Waals surface area contributed by atoms with Crippen molar-refractivity contribution in [2.45, 2.75) is 25.2 Å². The van der Waals surface area contributed by atoms with Crippen LogP contribution in [-0.2, 0) is 0 Å². The predicted octanol–water partition coefficient (Wildman–Crippen LogP) is 2.91. The highest BCUT2D eigenvalue weighted by atomic mass is 14.5. The first-order valence-corrected chi connectivity index (χ1v) is 4.47. The average Bonchev–Trinajstić information content (AvgIpc) is 2.78. The first-order valence-electron chi connectivity index (χ1n) is 4.47. The van der Waals surface area contributed by atoms with E-state index in [4.69, 9.17) is 0 Å². The van der Waals surface area contributed by atoms with Crippen molar-refractivity contribution in [2.75, 3.05) is 0 Å². The van der Waals surface area contributed by atoms with Gasteiger partial charge in [0.1, 0.15) is 0 Å². The number of hydrogen-bond acceptors (Lipinski definition) is 0. The SMILES string of the molecule is C[C@@H]1c2ccccc2[C@@H]2C[C@H]12. The molecular formula is C11H12. The summed E-state index contributed by atoms with van der Waals surface area (Å²) in [6, 6.07) is 8.95. The van der Waals surface area contributed by atoms with Crippen LogP contribution in [0, 0.1) is 5.92 Å². The lowest BCUT2D eigenvalue weighted by atomic mass is 9.98. The van der Waals surface area contributed by atoms with Crippen molar-refractivity contribution in [3.63, 3.8) is 0 Å². The zero-order valence-corrected chi connectivity index (χ0v) is 6.75. The average molecular weight is 144 g/mol. The van der Waals surface area contributed by atoms with Crippen molar-refractivity contribution in [1.82, 2.24) is 0 Å². The number of hydrogen-bond donors (Lipinski definition) is 0. The van der Waals surface area contributed by atoms with Crippen LogP contribution in [-0.4, -0.2) is 0 Å². The Bertz CT molecular complexity index is 286. The van der Waals surface area contributed by atoms with Gasteiger partial charge in [0.15, 0.2) is 0 Å². The van der Waals surface area contributed by atoms with Crippen LogP contribution in [0.25, 0.3) is 0 Å². The summed E-state index contributed by atoms with van der Waals surface area (Å²) in [6.07, 6.45) is 1.46. The summed E-state index contributed by atoms with van der Waals surface area (Å²) in [5, 5.41) is 0. The molecule has 0 heterocycles. The van der Waals surface area contributed by atoms with Gasteiger partial charge in [0.25, 0.3) is 0 Å². The van der Waals surface area contributed by atoms with Gasteiger partial charge < -0.3 is 0 Å². The van der Waals surface area contributed by atoms with Gasteiger partial charge in [-0.1, -0.05) is 31.2 Å². The van der Waals surface area contributed by atoms with E-state index in [-0.39, 0.29) is 0 Å². The molecule has 1 saturated carbocycles. The van der Waals surface area contributed by atoms with E-state index in [0.717, 1.165) is 17.8 Å². The number of benzene rings is 1. The van der Waals surface area contributed by atoms with Crippen LogP contribution in [0.3, 0.4) is 0 Å². The van der Waals surface area contributed by atoms with Crippen molar-refractivity contribution < 1.29 is 0 Å². The Hall–Kier alpha value is -0.780. The summed E-state index contributed by atoms with van der Waals surface area (Å²) < 4.78 is 0. The molecule has 2 aliphatic carbocycles. The predicted molar refractivity (Wildman–Crippen MR) is 45.7 cm³/mol. The normalized spacial score (nSPS) is 38.1. The molecule has 0 amide bonds. The topological polar surface area (TPSA) is 0 Å². The monoisotopic (exact) mass is 144 g/mol. The van der Waals surface area contributed by atoms with Gasteiger partial charge in [-0.3, -0.25) is 0 Å². The lowest BCUT2D eigenvalue weighted by Crippen LogP contribution is -1.91. The van der Waals surface area contributed by atoms with Crippen LogP contribution in [0.1, 0.15) is 36.3 Å². The molecule has 0 bridgehead atoms. The van der Waals surface area contributed by atoms with Crippen molar-refractivity contribution in [3.05, 3.63) is 35.4 Å². The Balaban J connectivity index is 2.22. The molecule has 0 heteroatoms. The molecule has 1 aromatic rings. The Morgan fingerprint density at radius 3 is 2.64 bits per heavy atom. The quantitative estimate of drug-likeness (QED) is 0.525. The second-order valence-electron chi connectivity index (χ2n) is 3.92. The minimum atomic E-state index is 0.844. The third-order valence-corrected chi connectivity index (χ3v) is 3.37. The largest absolute Gasteiger partial charge is 0.0620 e. The van der Waals surface area contributed by atoms with Gasteiger partial charge in [0.05, 0.1) is 0 Å². The highest BCUT2D eigenvalue weighted by Gasteiger charge is 2.49. The maximum atomic E-state index is 2.37. The van der Waals surface area contributed by atoms with Gasteiger partial charge in [0, 0.05) is 0 Å². The van der Waals surface area contributed by atoms with E-state index in [1.165, 1.54) is 6.42 Å². The molecule has 56 valence electrons. The minimum absolute atomic E-state index is 0.844. The number of fused-ring (bicyclic) bond motifs is 3. The highest BCUT2D eigenvalue weighted by molar-refractivity contribution is 5.44. The second kappa shape index (κ2) is 1.69. The van der Waals surface area contributed by atoms with E-state index >= 15 is 0 Å². The van der Waals surface area contributed by atoms with E-state index in [0.29, 0.717) is 0 Å². The molecule has 0 aliphatic heterocycles. The summed E-state index contributed by atoms with van der Waals surface area (Å²) in [6.45, 7) is 2.37. The molecule has 3 rings (SSSR count). The van der Waals surface area contributed by atoms with E-state index < -0.39 is 0 Å². The molecule has 0 saturated heterocycles. The Morgan fingerprint density at radius 1 is 1.18 bits per heavy atom. The van der Waals surface area contributed by atoms with Crippen LogP contribution in [0.4, 0.5) is 0 Å². The van der Waals surface area contributed by atoms with E-state index in [2.05, 4.69) is 31.2 Å². The van der Waals surface area contributed by atoms with Gasteiger partial charge in [-0.15, -0.1) is 0 Å². The molecule has 0 aromatic heterocycles. The smallest absolute Gasteiger partial charge is 0.0122 e. The molecular weight excluding hydrogens is 132 g/mol. The van der Waals surface area contributed by atoms with Gasteiger partial charge in [-0.05, 0) is 35.3 Å². The molecule has 0 spiro atoms. The standard InChI is InChI=1S/C11H12/c1-7-8-4-2-3-5-9(8)11-6-10(7)11/h2-5,7,10-11H,6H2,1H3/t7-,10-,11+/m1/s1. The van der Waals surface area contributed by atoms with Crippen LogP contribution >= 0.6 is 0 Å². The molecule has 0 N–H and O–H groups in total. The van der Waals surface area contributed by atoms with Gasteiger partial charge in [-0.2, -0.15) is 0 Å². The Labute approximate surface area is 67.2 Å². The molecule has 1 aromatic carbocycles. The molecule has 2 aliphatic rings. The molecule has 0 radical (unpaired) electrons. The van der Waals surface area contributed by atoms with E-state index in [1.54, 1.807) is 11.1 Å². The van der Waals surface area contributed by atoms with Gasteiger partial charge in [0.2, 0.25) is 0 Å². The fraction of sp³-hybridized carbons (Fsp3) is 0.455. The minimum Gasteiger partial charge on any atom is -0.0620 e. The highest BCUT2D eigenvalue weighted by Crippen LogP contribution is 2.62. The molecule has 0 nitrogen and oxygen atoms in total. The summed E-state index contributed by atoms with van der Waals surface area (Å²) in [7, 11) is 0. The Morgan fingerprint density at radius 2 is 1.91 bits per heavy atom. The molecule has 11 heavy (non-hydrogen) atoms. The zero-order chi connectivity index (χ0) is 7.42. The summed E-state index contributed by atoms with van der Waals surface area (Å²) >= 11 is 0. The third kappa shape index (κ3) is 0.604. The van der Waals surface area contributed by atoms with Crippen molar-refractivity contribution in [2.24, 2.45) is 5.92 Å². The van der Waals surface area contributed by atoms with E-state index in [9.17, 15) is 0 Å².